The summed E-state index contributed by atoms with van der Waals surface area (Å²) >= 11 is 0. The lowest BCUT2D eigenvalue weighted by Gasteiger charge is -2.17. The Morgan fingerprint density at radius 3 is 2.94 bits per heavy atom. The van der Waals surface area contributed by atoms with E-state index in [1.54, 1.807) is 7.11 Å². The quantitative estimate of drug-likeness (QED) is 0.875. The van der Waals surface area contributed by atoms with E-state index in [1.807, 2.05) is 0 Å². The minimum absolute atomic E-state index is 0.109. The molecule has 1 amide bonds. The van der Waals surface area contributed by atoms with Crippen LogP contribution in [0.25, 0.3) is 0 Å². The van der Waals surface area contributed by atoms with Crippen molar-refractivity contribution in [3.8, 4) is 0 Å². The smallest absolute Gasteiger partial charge is 0.408 e. The SMILES string of the molecule is CO[C@@H]1C[C@@H](c2nc(C3CC3)no2)N(C(=O)O)C1. The number of aromatic nitrogens is 2. The summed E-state index contributed by atoms with van der Waals surface area (Å²) in [5.41, 5.74) is 0. The first kappa shape index (κ1) is 11.5. The second-order valence-electron chi connectivity index (χ2n) is 4.81. The summed E-state index contributed by atoms with van der Waals surface area (Å²) in [6, 6.07) is -0.382. The first-order chi connectivity index (χ1) is 8.69. The van der Waals surface area contributed by atoms with Gasteiger partial charge < -0.3 is 14.4 Å². The molecule has 7 nitrogen and oxygen atoms in total. The van der Waals surface area contributed by atoms with Gasteiger partial charge in [0.1, 0.15) is 6.04 Å². The normalized spacial score (nSPS) is 27.7. The van der Waals surface area contributed by atoms with Crippen molar-refractivity contribution >= 4 is 6.09 Å². The van der Waals surface area contributed by atoms with Crippen LogP contribution in [0.2, 0.25) is 0 Å². The van der Waals surface area contributed by atoms with E-state index in [4.69, 9.17) is 14.4 Å². The number of ether oxygens (including phenoxy) is 1. The Labute approximate surface area is 104 Å². The third-order valence-corrected chi connectivity index (χ3v) is 3.53. The molecule has 0 radical (unpaired) electrons. The van der Waals surface area contributed by atoms with Gasteiger partial charge in [-0.25, -0.2) is 4.79 Å². The predicted molar refractivity (Wildman–Crippen MR) is 59.2 cm³/mol. The summed E-state index contributed by atoms with van der Waals surface area (Å²) in [5.74, 6) is 1.50. The van der Waals surface area contributed by atoms with E-state index in [0.29, 0.717) is 30.6 Å². The van der Waals surface area contributed by atoms with Gasteiger partial charge in [-0.1, -0.05) is 5.16 Å². The molecular formula is C11H15N3O4. The number of methoxy groups -OCH3 is 1. The molecule has 18 heavy (non-hydrogen) atoms. The van der Waals surface area contributed by atoms with Gasteiger partial charge >= 0.3 is 6.09 Å². The molecule has 1 aromatic heterocycles. The topological polar surface area (TPSA) is 88.7 Å². The molecule has 98 valence electrons. The van der Waals surface area contributed by atoms with Crippen molar-refractivity contribution in [2.24, 2.45) is 0 Å². The van der Waals surface area contributed by atoms with Gasteiger partial charge in [0, 0.05) is 19.4 Å². The molecule has 2 aliphatic rings. The fourth-order valence-electron chi connectivity index (χ4n) is 2.30. The molecule has 2 fully saturated rings. The molecule has 0 aromatic carbocycles. The Kier molecular flexibility index (Phi) is 2.70. The number of carbonyl (C=O) groups is 1. The average Bonchev–Trinajstić information content (AvgIpc) is 2.94. The van der Waals surface area contributed by atoms with Crippen LogP contribution in [0.15, 0.2) is 4.52 Å². The van der Waals surface area contributed by atoms with Crippen molar-refractivity contribution in [3.05, 3.63) is 11.7 Å². The van der Waals surface area contributed by atoms with Gasteiger partial charge in [-0.2, -0.15) is 4.98 Å². The maximum atomic E-state index is 11.2. The van der Waals surface area contributed by atoms with Gasteiger partial charge in [-0.15, -0.1) is 0 Å². The molecular weight excluding hydrogens is 238 g/mol. The Hall–Kier alpha value is -1.63. The molecule has 0 unspecified atom stereocenters. The monoisotopic (exact) mass is 253 g/mol. The molecule has 0 bridgehead atoms. The number of nitrogens with zero attached hydrogens (tertiary/aromatic N) is 3. The second-order valence-corrected chi connectivity index (χ2v) is 4.81. The van der Waals surface area contributed by atoms with E-state index in [-0.39, 0.29) is 12.1 Å². The van der Waals surface area contributed by atoms with Crippen molar-refractivity contribution in [1.29, 1.82) is 0 Å². The molecule has 3 rings (SSSR count). The Balaban J connectivity index is 1.81. The lowest BCUT2D eigenvalue weighted by atomic mass is 10.2. The predicted octanol–water partition coefficient (Wildman–Crippen LogP) is 1.39. The van der Waals surface area contributed by atoms with Gasteiger partial charge in [0.25, 0.3) is 0 Å². The van der Waals surface area contributed by atoms with Crippen LogP contribution in [0, 0.1) is 0 Å². The maximum Gasteiger partial charge on any atom is 0.408 e. The van der Waals surface area contributed by atoms with E-state index in [2.05, 4.69) is 10.1 Å². The summed E-state index contributed by atoms with van der Waals surface area (Å²) in [4.78, 5) is 16.8. The van der Waals surface area contributed by atoms with Crippen LogP contribution in [0.1, 0.15) is 42.9 Å². The highest BCUT2D eigenvalue weighted by atomic mass is 16.5. The summed E-state index contributed by atoms with van der Waals surface area (Å²) < 4.78 is 10.4. The molecule has 1 aliphatic heterocycles. The van der Waals surface area contributed by atoms with Gasteiger partial charge in [0.05, 0.1) is 12.6 Å². The number of rotatable bonds is 3. The third kappa shape index (κ3) is 1.94. The number of amides is 1. The van der Waals surface area contributed by atoms with Gasteiger partial charge in [-0.05, 0) is 12.8 Å². The Morgan fingerprint density at radius 2 is 2.33 bits per heavy atom. The van der Waals surface area contributed by atoms with E-state index in [1.165, 1.54) is 4.90 Å². The lowest BCUT2D eigenvalue weighted by molar-refractivity contribution is 0.102. The molecule has 1 saturated carbocycles. The minimum Gasteiger partial charge on any atom is -0.465 e. The zero-order valence-electron chi connectivity index (χ0n) is 10.1. The van der Waals surface area contributed by atoms with E-state index in [0.717, 1.165) is 12.8 Å². The number of likely N-dealkylation sites (tertiary alicyclic amines) is 1. The molecule has 1 aliphatic carbocycles. The fraction of sp³-hybridized carbons (Fsp3) is 0.727. The maximum absolute atomic E-state index is 11.2. The van der Waals surface area contributed by atoms with E-state index in [9.17, 15) is 4.79 Å². The standard InChI is InChI=1S/C11H15N3O4/c1-17-7-4-8(14(5-7)11(15)16)10-12-9(13-18-10)6-2-3-6/h6-8H,2-5H2,1H3,(H,15,16)/t7-,8+/m1/s1. The average molecular weight is 253 g/mol. The zero-order chi connectivity index (χ0) is 12.7. The van der Waals surface area contributed by atoms with E-state index >= 15 is 0 Å². The first-order valence-electron chi connectivity index (χ1n) is 6.05. The van der Waals surface area contributed by atoms with Gasteiger partial charge in [0.15, 0.2) is 5.82 Å². The number of carboxylic acid groups (broad SMARTS) is 1. The molecule has 2 heterocycles. The molecule has 7 heteroatoms. The third-order valence-electron chi connectivity index (χ3n) is 3.53. The van der Waals surface area contributed by atoms with Crippen LogP contribution >= 0.6 is 0 Å². The largest absolute Gasteiger partial charge is 0.465 e. The van der Waals surface area contributed by atoms with Crippen LogP contribution in [0.4, 0.5) is 4.79 Å². The van der Waals surface area contributed by atoms with Crippen molar-refractivity contribution in [1.82, 2.24) is 15.0 Å². The zero-order valence-corrected chi connectivity index (χ0v) is 10.1. The van der Waals surface area contributed by atoms with Gasteiger partial charge in [0.2, 0.25) is 5.89 Å². The molecule has 1 N–H and O–H groups in total. The summed E-state index contributed by atoms with van der Waals surface area (Å²) in [5, 5.41) is 13.1. The highest BCUT2D eigenvalue weighted by molar-refractivity contribution is 5.66. The van der Waals surface area contributed by atoms with Gasteiger partial charge in [-0.3, -0.25) is 4.90 Å². The van der Waals surface area contributed by atoms with Crippen LogP contribution in [-0.2, 0) is 4.74 Å². The molecule has 0 spiro atoms. The Morgan fingerprint density at radius 1 is 1.56 bits per heavy atom. The van der Waals surface area contributed by atoms with Crippen LogP contribution in [-0.4, -0.2) is 46.0 Å². The second kappa shape index (κ2) is 4.24. The van der Waals surface area contributed by atoms with Crippen LogP contribution in [0.3, 0.4) is 0 Å². The Bertz CT molecular complexity index is 457. The number of hydrogen-bond acceptors (Lipinski definition) is 5. The van der Waals surface area contributed by atoms with Crippen LogP contribution < -0.4 is 0 Å². The first-order valence-corrected chi connectivity index (χ1v) is 6.05. The highest BCUT2D eigenvalue weighted by Crippen LogP contribution is 2.40. The van der Waals surface area contributed by atoms with Crippen molar-refractivity contribution in [2.75, 3.05) is 13.7 Å². The summed E-state index contributed by atoms with van der Waals surface area (Å²) in [7, 11) is 1.58. The van der Waals surface area contributed by atoms with Crippen molar-refractivity contribution in [3.63, 3.8) is 0 Å². The highest BCUT2D eigenvalue weighted by Gasteiger charge is 2.40. The lowest BCUT2D eigenvalue weighted by Crippen LogP contribution is -2.30. The van der Waals surface area contributed by atoms with Crippen LogP contribution in [0.5, 0.6) is 0 Å². The molecule has 2 atom stereocenters. The van der Waals surface area contributed by atoms with E-state index < -0.39 is 6.09 Å². The molecule has 1 aromatic rings. The minimum atomic E-state index is -0.981. The molecule has 1 saturated heterocycles. The fourth-order valence-corrected chi connectivity index (χ4v) is 2.30. The van der Waals surface area contributed by atoms with Crippen molar-refractivity contribution < 1.29 is 19.2 Å². The summed E-state index contributed by atoms with van der Waals surface area (Å²) in [6.45, 7) is 0.345. The summed E-state index contributed by atoms with van der Waals surface area (Å²) in [6.07, 6.45) is 1.66. The number of hydrogen-bond donors (Lipinski definition) is 1. The van der Waals surface area contributed by atoms with Crippen molar-refractivity contribution in [2.45, 2.75) is 37.3 Å².